The van der Waals surface area contributed by atoms with Crippen LogP contribution in [-0.4, -0.2) is 24.7 Å². The van der Waals surface area contributed by atoms with Gasteiger partial charge in [-0.3, -0.25) is 0 Å². The second kappa shape index (κ2) is 7.79. The van der Waals surface area contributed by atoms with Crippen LogP contribution < -0.4 is 10.5 Å². The van der Waals surface area contributed by atoms with E-state index < -0.39 is 11.9 Å². The number of nitrogens with two attached hydrogens (primary N) is 1. The number of aromatic nitrogens is 1. The summed E-state index contributed by atoms with van der Waals surface area (Å²) in [6, 6.07) is 9.13. The van der Waals surface area contributed by atoms with Gasteiger partial charge < -0.3 is 19.9 Å². The summed E-state index contributed by atoms with van der Waals surface area (Å²) in [5.41, 5.74) is 7.25. The minimum absolute atomic E-state index is 0.0691. The largest absolute Gasteiger partial charge is 0.497 e. The number of ether oxygens (including phenoxy) is 3. The highest BCUT2D eigenvalue weighted by Crippen LogP contribution is 2.42. The van der Waals surface area contributed by atoms with Gasteiger partial charge in [-0.05, 0) is 38.1 Å². The lowest BCUT2D eigenvalue weighted by molar-refractivity contribution is -0.139. The summed E-state index contributed by atoms with van der Waals surface area (Å²) >= 11 is 6.44. The third kappa shape index (κ3) is 3.35. The molecule has 0 bridgehead atoms. The highest BCUT2D eigenvalue weighted by atomic mass is 35.5. The molecule has 1 aliphatic rings. The quantitative estimate of drug-likeness (QED) is 0.618. The van der Waals surface area contributed by atoms with Crippen LogP contribution in [0.5, 0.6) is 5.75 Å². The molecule has 1 aliphatic heterocycles. The van der Waals surface area contributed by atoms with Crippen molar-refractivity contribution in [2.24, 2.45) is 5.73 Å². The number of rotatable bonds is 4. The zero-order chi connectivity index (χ0) is 20.4. The summed E-state index contributed by atoms with van der Waals surface area (Å²) in [4.78, 5) is 17.0. The molecule has 0 radical (unpaired) electrons. The number of benzene rings is 1. The minimum Gasteiger partial charge on any atom is -0.497 e. The fourth-order valence-electron chi connectivity index (χ4n) is 3.14. The van der Waals surface area contributed by atoms with Crippen LogP contribution in [-0.2, 0) is 14.3 Å². The maximum atomic E-state index is 12.6. The van der Waals surface area contributed by atoms with Gasteiger partial charge in [0.25, 0.3) is 0 Å². The van der Waals surface area contributed by atoms with Crippen molar-refractivity contribution in [3.05, 3.63) is 57.8 Å². The second-order valence-corrected chi connectivity index (χ2v) is 6.40. The molecule has 2 N–H and O–H groups in total. The highest BCUT2D eigenvalue weighted by molar-refractivity contribution is 6.30. The fourth-order valence-corrected chi connectivity index (χ4v) is 3.40. The van der Waals surface area contributed by atoms with Gasteiger partial charge in [0, 0.05) is 10.9 Å². The smallest absolute Gasteiger partial charge is 0.338 e. The Hall–Kier alpha value is -3.24. The summed E-state index contributed by atoms with van der Waals surface area (Å²) in [7, 11) is 1.56. The molecule has 8 heteroatoms. The van der Waals surface area contributed by atoms with Gasteiger partial charge in [0.05, 0.1) is 30.7 Å². The summed E-state index contributed by atoms with van der Waals surface area (Å²) < 4.78 is 15.8. The molecule has 28 heavy (non-hydrogen) atoms. The SMILES string of the molecule is CCOC(=O)C1=C(C)OC(N)=C(C#N)[C@H]1c1cc2cc(OC)ccc2nc1Cl. The monoisotopic (exact) mass is 399 g/mol. The standard InChI is InChI=1S/C20H18ClN3O4/c1-4-27-20(25)16-10(2)28-19(23)14(9-22)17(16)13-8-11-7-12(26-3)5-6-15(11)24-18(13)21/h5-8,17H,4,23H2,1-3H3/t17-/m1/s1. The molecule has 7 nitrogen and oxygen atoms in total. The number of carbonyl (C=O) groups is 1. The first kappa shape index (κ1) is 19.5. The van der Waals surface area contributed by atoms with E-state index in [9.17, 15) is 10.1 Å². The molecule has 0 fully saturated rings. The molecule has 0 unspecified atom stereocenters. The number of nitriles is 1. The lowest BCUT2D eigenvalue weighted by Gasteiger charge is -2.27. The molecule has 0 saturated carbocycles. The van der Waals surface area contributed by atoms with Crippen LogP contribution in [0.2, 0.25) is 5.15 Å². The zero-order valence-corrected chi connectivity index (χ0v) is 16.3. The van der Waals surface area contributed by atoms with Gasteiger partial charge in [0.15, 0.2) is 0 Å². The lowest BCUT2D eigenvalue weighted by Crippen LogP contribution is -2.25. The predicted octanol–water partition coefficient (Wildman–Crippen LogP) is 3.54. The Morgan fingerprint density at radius 1 is 1.43 bits per heavy atom. The normalized spacial score (nSPS) is 16.6. The van der Waals surface area contributed by atoms with Crippen molar-refractivity contribution >= 4 is 28.5 Å². The molecule has 3 rings (SSSR count). The number of methoxy groups -OCH3 is 1. The number of pyridine rings is 1. The van der Waals surface area contributed by atoms with E-state index in [1.54, 1.807) is 45.2 Å². The molecule has 144 valence electrons. The summed E-state index contributed by atoms with van der Waals surface area (Å²) in [6.45, 7) is 3.45. The Labute approximate surface area is 166 Å². The molecular weight excluding hydrogens is 382 g/mol. The van der Waals surface area contributed by atoms with E-state index >= 15 is 0 Å². The van der Waals surface area contributed by atoms with E-state index in [-0.39, 0.29) is 34.5 Å². The van der Waals surface area contributed by atoms with Crippen molar-refractivity contribution in [2.75, 3.05) is 13.7 Å². The summed E-state index contributed by atoms with van der Waals surface area (Å²) in [5, 5.41) is 10.6. The van der Waals surface area contributed by atoms with Gasteiger partial charge in [-0.2, -0.15) is 5.26 Å². The average Bonchev–Trinajstić information content (AvgIpc) is 2.66. The Kier molecular flexibility index (Phi) is 5.43. The zero-order valence-electron chi connectivity index (χ0n) is 15.6. The van der Waals surface area contributed by atoms with E-state index in [2.05, 4.69) is 4.98 Å². The van der Waals surface area contributed by atoms with Crippen molar-refractivity contribution in [1.29, 1.82) is 5.26 Å². The van der Waals surface area contributed by atoms with Crippen LogP contribution in [0.15, 0.2) is 47.1 Å². The van der Waals surface area contributed by atoms with Crippen LogP contribution in [0.3, 0.4) is 0 Å². The Morgan fingerprint density at radius 2 is 2.18 bits per heavy atom. The number of halogens is 1. The van der Waals surface area contributed by atoms with Crippen molar-refractivity contribution in [2.45, 2.75) is 19.8 Å². The van der Waals surface area contributed by atoms with Gasteiger partial charge in [-0.1, -0.05) is 11.6 Å². The number of nitrogens with zero attached hydrogens (tertiary/aromatic N) is 2. The lowest BCUT2D eigenvalue weighted by atomic mass is 9.83. The van der Waals surface area contributed by atoms with Crippen molar-refractivity contribution in [3.63, 3.8) is 0 Å². The molecule has 0 saturated heterocycles. The number of hydrogen-bond donors (Lipinski definition) is 1. The van der Waals surface area contributed by atoms with E-state index in [0.29, 0.717) is 16.8 Å². The maximum Gasteiger partial charge on any atom is 0.338 e. The molecule has 2 aromatic rings. The average molecular weight is 400 g/mol. The molecule has 0 spiro atoms. The van der Waals surface area contributed by atoms with E-state index in [4.69, 9.17) is 31.5 Å². The number of hydrogen-bond acceptors (Lipinski definition) is 7. The third-order valence-corrected chi connectivity index (χ3v) is 4.72. The first-order valence-electron chi connectivity index (χ1n) is 8.50. The Balaban J connectivity index is 2.26. The van der Waals surface area contributed by atoms with Crippen molar-refractivity contribution in [1.82, 2.24) is 4.98 Å². The molecule has 1 aromatic heterocycles. The van der Waals surface area contributed by atoms with E-state index in [0.717, 1.165) is 5.39 Å². The highest BCUT2D eigenvalue weighted by Gasteiger charge is 2.37. The number of allylic oxidation sites excluding steroid dienone is 2. The van der Waals surface area contributed by atoms with Crippen LogP contribution >= 0.6 is 11.6 Å². The molecule has 1 atom stereocenters. The Bertz CT molecular complexity index is 1070. The first-order chi connectivity index (χ1) is 13.4. The molecule has 0 amide bonds. The van der Waals surface area contributed by atoms with Gasteiger partial charge in [0.2, 0.25) is 5.88 Å². The van der Waals surface area contributed by atoms with E-state index in [1.165, 1.54) is 0 Å². The molecule has 0 aliphatic carbocycles. The van der Waals surface area contributed by atoms with Crippen molar-refractivity contribution in [3.8, 4) is 11.8 Å². The van der Waals surface area contributed by atoms with E-state index in [1.807, 2.05) is 6.07 Å². The molecule has 2 heterocycles. The van der Waals surface area contributed by atoms with Gasteiger partial charge in [0.1, 0.15) is 28.3 Å². The van der Waals surface area contributed by atoms with Crippen molar-refractivity contribution < 1.29 is 19.0 Å². The Morgan fingerprint density at radius 3 is 2.82 bits per heavy atom. The summed E-state index contributed by atoms with van der Waals surface area (Å²) in [5.74, 6) is -0.649. The second-order valence-electron chi connectivity index (χ2n) is 6.04. The van der Waals surface area contributed by atoms with Crippen LogP contribution in [0.25, 0.3) is 10.9 Å². The number of carbonyl (C=O) groups excluding carboxylic acids is 1. The van der Waals surface area contributed by atoms with Gasteiger partial charge in [-0.15, -0.1) is 0 Å². The first-order valence-corrected chi connectivity index (χ1v) is 8.88. The molecule has 1 aromatic carbocycles. The number of fused-ring (bicyclic) bond motifs is 1. The van der Waals surface area contributed by atoms with Gasteiger partial charge >= 0.3 is 5.97 Å². The summed E-state index contributed by atoms with van der Waals surface area (Å²) in [6.07, 6.45) is 0. The van der Waals surface area contributed by atoms with Gasteiger partial charge in [-0.25, -0.2) is 9.78 Å². The minimum atomic E-state index is -0.853. The topological polar surface area (TPSA) is 107 Å². The van der Waals surface area contributed by atoms with Crippen LogP contribution in [0.4, 0.5) is 0 Å². The van der Waals surface area contributed by atoms with Crippen LogP contribution in [0, 0.1) is 11.3 Å². The maximum absolute atomic E-state index is 12.6. The molecular formula is C20H18ClN3O4. The van der Waals surface area contributed by atoms with Crippen LogP contribution in [0.1, 0.15) is 25.3 Å². The predicted molar refractivity (Wildman–Crippen MR) is 103 cm³/mol. The third-order valence-electron chi connectivity index (χ3n) is 4.41. The fraction of sp³-hybridized carbons (Fsp3) is 0.250. The number of esters is 1.